The Balaban J connectivity index is 1.85. The number of rotatable bonds is 27. The molecule has 0 aliphatic carbocycles. The standard InChI is InChI=1S/C48H76N10O13/c1-8-26(5)38(45(67)54-33(24-59)47(69)58-20-14-18-35(58)43(65)56-39(48(70)71)27(6)9-2)55-42(64)34-17-13-19-57(34)46(68)32(22-29-15-11-10-12-16-29)53-41(63)31(23-36(49)61)51-40(62)30(21-25(3)4)52-44(66)37(50)28(7)60/h10-12,15-16,25-28,30-35,37-39,59-60H,8-9,13-14,17-24,50H2,1-7H3,(H2,49,61)(H,51,62)(H,52,66)(H,53,63)(H,54,67)(H,55,64)(H,56,65)(H,70,71)/t26-,27-,28+,30-,31-,32-,33-,34-,35-,37-,38-,39-/m0/s1. The second-order valence-corrected chi connectivity index (χ2v) is 19.1. The fraction of sp³-hybridized carbons (Fsp3) is 0.667. The predicted molar refractivity (Wildman–Crippen MR) is 258 cm³/mol. The van der Waals surface area contributed by atoms with Crippen LogP contribution in [0.2, 0.25) is 0 Å². The van der Waals surface area contributed by atoms with Gasteiger partial charge in [0.15, 0.2) is 0 Å². The summed E-state index contributed by atoms with van der Waals surface area (Å²) in [5.74, 6) is -9.65. The van der Waals surface area contributed by atoms with Crippen LogP contribution < -0.4 is 43.4 Å². The second-order valence-electron chi connectivity index (χ2n) is 19.1. The van der Waals surface area contributed by atoms with Crippen molar-refractivity contribution in [3.8, 4) is 0 Å². The zero-order valence-corrected chi connectivity index (χ0v) is 41.9. The molecule has 396 valence electrons. The minimum Gasteiger partial charge on any atom is -0.480 e. The van der Waals surface area contributed by atoms with Crippen molar-refractivity contribution in [3.05, 3.63) is 35.9 Å². The van der Waals surface area contributed by atoms with Gasteiger partial charge < -0.3 is 68.5 Å². The number of nitrogens with one attached hydrogen (secondary N) is 6. The normalized spacial score (nSPS) is 19.9. The van der Waals surface area contributed by atoms with Gasteiger partial charge in [-0.3, -0.25) is 43.2 Å². The van der Waals surface area contributed by atoms with Gasteiger partial charge in [0.2, 0.25) is 53.2 Å². The smallest absolute Gasteiger partial charge is 0.326 e. The molecular formula is C48H76N10O13. The summed E-state index contributed by atoms with van der Waals surface area (Å²) in [6.45, 7) is 11.1. The number of aliphatic carboxylic acids is 1. The molecule has 0 bridgehead atoms. The molecule has 13 N–H and O–H groups in total. The van der Waals surface area contributed by atoms with Gasteiger partial charge in [0.25, 0.3) is 0 Å². The van der Waals surface area contributed by atoms with Gasteiger partial charge in [-0.05, 0) is 62.3 Å². The highest BCUT2D eigenvalue weighted by atomic mass is 16.4. The lowest BCUT2D eigenvalue weighted by molar-refractivity contribution is -0.146. The molecule has 2 heterocycles. The Hall–Kier alpha value is -6.20. The topological polar surface area (TPSA) is 362 Å². The predicted octanol–water partition coefficient (Wildman–Crippen LogP) is -2.08. The van der Waals surface area contributed by atoms with E-state index in [1.54, 1.807) is 71.9 Å². The van der Waals surface area contributed by atoms with E-state index >= 15 is 0 Å². The number of benzene rings is 1. The van der Waals surface area contributed by atoms with Crippen molar-refractivity contribution in [1.29, 1.82) is 0 Å². The summed E-state index contributed by atoms with van der Waals surface area (Å²) in [4.78, 5) is 137. The van der Waals surface area contributed by atoms with Crippen molar-refractivity contribution in [1.82, 2.24) is 41.7 Å². The number of nitrogens with two attached hydrogens (primary N) is 2. The fourth-order valence-electron chi connectivity index (χ4n) is 8.53. The van der Waals surface area contributed by atoms with E-state index in [-0.39, 0.29) is 44.7 Å². The van der Waals surface area contributed by atoms with Gasteiger partial charge in [-0.25, -0.2) is 4.79 Å². The number of carboxylic acid groups (broad SMARTS) is 1. The molecule has 23 nitrogen and oxygen atoms in total. The first-order valence-electron chi connectivity index (χ1n) is 24.5. The summed E-state index contributed by atoms with van der Waals surface area (Å²) in [5.41, 5.74) is 11.9. The highest BCUT2D eigenvalue weighted by molar-refractivity contribution is 5.99. The van der Waals surface area contributed by atoms with Gasteiger partial charge in [-0.15, -0.1) is 0 Å². The molecule has 9 amide bonds. The molecule has 2 aliphatic heterocycles. The van der Waals surface area contributed by atoms with Crippen molar-refractivity contribution < 1.29 is 63.3 Å². The highest BCUT2D eigenvalue weighted by Crippen LogP contribution is 2.23. The largest absolute Gasteiger partial charge is 0.480 e. The van der Waals surface area contributed by atoms with Crippen LogP contribution in [0.15, 0.2) is 30.3 Å². The summed E-state index contributed by atoms with van der Waals surface area (Å²) in [7, 11) is 0. The molecular weight excluding hydrogens is 925 g/mol. The third-order valence-corrected chi connectivity index (χ3v) is 13.1. The Bertz CT molecular complexity index is 2040. The van der Waals surface area contributed by atoms with Crippen molar-refractivity contribution in [2.24, 2.45) is 29.2 Å². The average molecular weight is 1000 g/mol. The number of primary amides is 1. The number of amides is 9. The van der Waals surface area contributed by atoms with E-state index in [0.717, 1.165) is 0 Å². The number of hydrogen-bond donors (Lipinski definition) is 11. The van der Waals surface area contributed by atoms with E-state index in [1.807, 2.05) is 0 Å². The molecule has 23 heteroatoms. The number of aliphatic hydroxyl groups is 2. The van der Waals surface area contributed by atoms with Crippen molar-refractivity contribution in [2.45, 2.75) is 167 Å². The van der Waals surface area contributed by atoms with Crippen LogP contribution in [0.1, 0.15) is 105 Å². The van der Waals surface area contributed by atoms with Gasteiger partial charge in [0.05, 0.1) is 19.1 Å². The zero-order chi connectivity index (χ0) is 53.3. The minimum atomic E-state index is -1.63. The second kappa shape index (κ2) is 28.0. The van der Waals surface area contributed by atoms with Gasteiger partial charge in [-0.2, -0.15) is 0 Å². The fourth-order valence-corrected chi connectivity index (χ4v) is 8.53. The summed E-state index contributed by atoms with van der Waals surface area (Å²) in [5, 5.41) is 45.3. The van der Waals surface area contributed by atoms with Crippen LogP contribution in [0.3, 0.4) is 0 Å². The van der Waals surface area contributed by atoms with Crippen molar-refractivity contribution in [2.75, 3.05) is 19.7 Å². The van der Waals surface area contributed by atoms with Gasteiger partial charge in [0.1, 0.15) is 54.4 Å². The number of carbonyl (C=O) groups excluding carboxylic acids is 9. The quantitative estimate of drug-likeness (QED) is 0.0451. The lowest BCUT2D eigenvalue weighted by Gasteiger charge is -2.33. The molecule has 0 unspecified atom stereocenters. The third-order valence-electron chi connectivity index (χ3n) is 13.1. The highest BCUT2D eigenvalue weighted by Gasteiger charge is 2.43. The molecule has 0 radical (unpaired) electrons. The summed E-state index contributed by atoms with van der Waals surface area (Å²) >= 11 is 0. The van der Waals surface area contributed by atoms with Gasteiger partial charge >= 0.3 is 5.97 Å². The van der Waals surface area contributed by atoms with Crippen LogP contribution in [-0.2, 0) is 54.4 Å². The number of nitrogens with zero attached hydrogens (tertiary/aromatic N) is 2. The number of carboxylic acids is 1. The number of aliphatic hydroxyl groups excluding tert-OH is 2. The lowest BCUT2D eigenvalue weighted by Crippen LogP contribution is -2.61. The average Bonchev–Trinajstić information content (AvgIpc) is 4.03. The van der Waals surface area contributed by atoms with E-state index < -0.39 is 144 Å². The first-order chi connectivity index (χ1) is 33.4. The minimum absolute atomic E-state index is 0.0706. The maximum absolute atomic E-state index is 14.6. The van der Waals surface area contributed by atoms with Crippen molar-refractivity contribution in [3.63, 3.8) is 0 Å². The van der Waals surface area contributed by atoms with Crippen molar-refractivity contribution >= 4 is 59.1 Å². The molecule has 2 aliphatic rings. The van der Waals surface area contributed by atoms with Crippen LogP contribution in [0.4, 0.5) is 0 Å². The van der Waals surface area contributed by atoms with E-state index in [9.17, 15) is 63.3 Å². The Morgan fingerprint density at radius 3 is 1.59 bits per heavy atom. The van der Waals surface area contributed by atoms with Gasteiger partial charge in [0, 0.05) is 19.5 Å². The van der Waals surface area contributed by atoms with Crippen LogP contribution in [0.5, 0.6) is 0 Å². The Labute approximate surface area is 414 Å². The monoisotopic (exact) mass is 1000 g/mol. The molecule has 2 saturated heterocycles. The molecule has 0 spiro atoms. The molecule has 71 heavy (non-hydrogen) atoms. The van der Waals surface area contributed by atoms with E-state index in [1.165, 1.54) is 16.7 Å². The molecule has 0 saturated carbocycles. The Morgan fingerprint density at radius 1 is 0.648 bits per heavy atom. The summed E-state index contributed by atoms with van der Waals surface area (Å²) in [6.07, 6.45) is 0.0244. The number of likely N-dealkylation sites (tertiary alicyclic amines) is 2. The molecule has 3 rings (SSSR count). The SMILES string of the molecule is CC[C@H](C)[C@H](NC(=O)[C@@H]1CCCN1C(=O)[C@H](CO)NC(=O)[C@@H](NC(=O)[C@@H]1CCCN1C(=O)[C@H](Cc1ccccc1)NC(=O)[C@H](CC(N)=O)NC(=O)[C@H](CC(C)C)NC(=O)[C@@H](N)[C@@H](C)O)[C@@H](C)CC)C(=O)O. The maximum Gasteiger partial charge on any atom is 0.326 e. The van der Waals surface area contributed by atoms with Crippen LogP contribution in [0, 0.1) is 17.8 Å². The first kappa shape index (κ1) is 59.1. The first-order valence-corrected chi connectivity index (χ1v) is 24.5. The van der Waals surface area contributed by atoms with Crippen LogP contribution in [-0.4, -0.2) is 164 Å². The molecule has 2 fully saturated rings. The third kappa shape index (κ3) is 17.0. The van der Waals surface area contributed by atoms with Crippen LogP contribution >= 0.6 is 0 Å². The van der Waals surface area contributed by atoms with E-state index in [4.69, 9.17) is 11.5 Å². The van der Waals surface area contributed by atoms with E-state index in [2.05, 4.69) is 31.9 Å². The summed E-state index contributed by atoms with van der Waals surface area (Å²) < 4.78 is 0. The molecule has 12 atom stereocenters. The molecule has 0 aromatic heterocycles. The molecule has 1 aromatic carbocycles. The zero-order valence-electron chi connectivity index (χ0n) is 41.9. The lowest BCUT2D eigenvalue weighted by atomic mass is 9.97. The van der Waals surface area contributed by atoms with Crippen LogP contribution in [0.25, 0.3) is 0 Å². The molecule has 1 aromatic rings. The number of carbonyl (C=O) groups is 10. The van der Waals surface area contributed by atoms with E-state index in [0.29, 0.717) is 31.2 Å². The van der Waals surface area contributed by atoms with Gasteiger partial charge in [-0.1, -0.05) is 84.7 Å². The Morgan fingerprint density at radius 2 is 1.11 bits per heavy atom. The maximum atomic E-state index is 14.6. The number of hydrogen-bond acceptors (Lipinski definition) is 13. The summed E-state index contributed by atoms with van der Waals surface area (Å²) in [6, 6.07) is -3.22. The Kier molecular flexibility index (Phi) is 23.3.